The molecule has 0 heterocycles. The summed E-state index contributed by atoms with van der Waals surface area (Å²) in [5.41, 5.74) is 0. The van der Waals surface area contributed by atoms with Crippen LogP contribution in [0.15, 0.2) is 12.7 Å². The Morgan fingerprint density at radius 2 is 1.75 bits per heavy atom. The molecule has 0 spiro atoms. The Hall–Kier alpha value is -0.300. The molecule has 0 radical (unpaired) electrons. The minimum atomic E-state index is 0.628. The molecule has 0 fully saturated rings. The van der Waals surface area contributed by atoms with E-state index >= 15 is 0 Å². The highest BCUT2D eigenvalue weighted by Crippen LogP contribution is 2.02. The van der Waals surface area contributed by atoms with E-state index in [1.165, 1.54) is 32.5 Å². The second-order valence-electron chi connectivity index (χ2n) is 3.51. The van der Waals surface area contributed by atoms with Gasteiger partial charge in [-0.15, -0.1) is 6.58 Å². The van der Waals surface area contributed by atoms with Gasteiger partial charge in [-0.05, 0) is 31.8 Å². The summed E-state index contributed by atoms with van der Waals surface area (Å²) < 4.78 is 0. The largest absolute Gasteiger partial charge is 0.303 e. The molecule has 0 aliphatic carbocycles. The van der Waals surface area contributed by atoms with E-state index in [-0.39, 0.29) is 0 Å². The first kappa shape index (κ1) is 11.7. The van der Waals surface area contributed by atoms with Gasteiger partial charge >= 0.3 is 0 Å². The van der Waals surface area contributed by atoms with Crippen molar-refractivity contribution in [2.45, 2.75) is 33.6 Å². The third-order valence-electron chi connectivity index (χ3n) is 2.03. The Balaban J connectivity index is 3.68. The molecule has 0 rings (SSSR count). The van der Waals surface area contributed by atoms with Crippen LogP contribution in [-0.2, 0) is 0 Å². The lowest BCUT2D eigenvalue weighted by molar-refractivity contribution is 0.254. The lowest BCUT2D eigenvalue weighted by Gasteiger charge is -2.23. The standard InChI is InChI=1S/C11H23N/c1-5-8-12(9-6-2)10-11(4)7-3/h7,11H,3,5-6,8-10H2,1-2,4H3. The second-order valence-corrected chi connectivity index (χ2v) is 3.51. The number of rotatable bonds is 7. The molecular weight excluding hydrogens is 146 g/mol. The summed E-state index contributed by atoms with van der Waals surface area (Å²) >= 11 is 0. The van der Waals surface area contributed by atoms with Crippen LogP contribution in [0.25, 0.3) is 0 Å². The van der Waals surface area contributed by atoms with Crippen molar-refractivity contribution in [1.82, 2.24) is 4.90 Å². The summed E-state index contributed by atoms with van der Waals surface area (Å²) in [6, 6.07) is 0. The van der Waals surface area contributed by atoms with Crippen molar-refractivity contribution >= 4 is 0 Å². The highest BCUT2D eigenvalue weighted by Gasteiger charge is 2.04. The van der Waals surface area contributed by atoms with Crippen molar-refractivity contribution in [2.75, 3.05) is 19.6 Å². The van der Waals surface area contributed by atoms with E-state index in [4.69, 9.17) is 0 Å². The van der Waals surface area contributed by atoms with Crippen LogP contribution in [0, 0.1) is 5.92 Å². The molecule has 0 saturated carbocycles. The maximum absolute atomic E-state index is 3.81. The molecule has 0 aromatic rings. The Kier molecular flexibility index (Phi) is 7.17. The molecular formula is C11H23N. The van der Waals surface area contributed by atoms with Crippen molar-refractivity contribution in [3.05, 3.63) is 12.7 Å². The minimum Gasteiger partial charge on any atom is -0.303 e. The maximum atomic E-state index is 3.81. The first-order chi connectivity index (χ1) is 5.74. The highest BCUT2D eigenvalue weighted by atomic mass is 15.1. The van der Waals surface area contributed by atoms with Gasteiger partial charge in [0.15, 0.2) is 0 Å². The molecule has 72 valence electrons. The third kappa shape index (κ3) is 5.36. The van der Waals surface area contributed by atoms with E-state index < -0.39 is 0 Å². The average molecular weight is 169 g/mol. The van der Waals surface area contributed by atoms with E-state index in [1.54, 1.807) is 0 Å². The van der Waals surface area contributed by atoms with Gasteiger partial charge in [0.25, 0.3) is 0 Å². The van der Waals surface area contributed by atoms with E-state index in [2.05, 4.69) is 32.3 Å². The van der Waals surface area contributed by atoms with Crippen LogP contribution in [0.4, 0.5) is 0 Å². The van der Waals surface area contributed by atoms with Gasteiger partial charge in [0, 0.05) is 6.54 Å². The topological polar surface area (TPSA) is 3.24 Å². The molecule has 0 aliphatic rings. The zero-order chi connectivity index (χ0) is 9.40. The Morgan fingerprint density at radius 3 is 2.08 bits per heavy atom. The molecule has 0 N–H and O–H groups in total. The Labute approximate surface area is 77.5 Å². The van der Waals surface area contributed by atoms with Crippen LogP contribution < -0.4 is 0 Å². The molecule has 0 bridgehead atoms. The number of hydrogen-bond donors (Lipinski definition) is 0. The van der Waals surface area contributed by atoms with Crippen LogP contribution >= 0.6 is 0 Å². The van der Waals surface area contributed by atoms with Crippen molar-refractivity contribution < 1.29 is 0 Å². The summed E-state index contributed by atoms with van der Waals surface area (Å²) in [6.07, 6.45) is 4.55. The van der Waals surface area contributed by atoms with Crippen LogP contribution in [0.2, 0.25) is 0 Å². The lowest BCUT2D eigenvalue weighted by atomic mass is 10.1. The molecule has 0 aromatic heterocycles. The Morgan fingerprint density at radius 1 is 1.25 bits per heavy atom. The molecule has 0 saturated heterocycles. The SMILES string of the molecule is C=CC(C)CN(CCC)CCC. The molecule has 1 unspecified atom stereocenters. The summed E-state index contributed by atoms with van der Waals surface area (Å²) in [5.74, 6) is 0.628. The first-order valence-corrected chi connectivity index (χ1v) is 5.09. The monoisotopic (exact) mass is 169 g/mol. The van der Waals surface area contributed by atoms with Crippen molar-refractivity contribution in [3.63, 3.8) is 0 Å². The van der Waals surface area contributed by atoms with Gasteiger partial charge in [0.1, 0.15) is 0 Å². The quantitative estimate of drug-likeness (QED) is 0.530. The molecule has 0 amide bonds. The molecule has 1 nitrogen and oxygen atoms in total. The van der Waals surface area contributed by atoms with Crippen LogP contribution in [-0.4, -0.2) is 24.5 Å². The summed E-state index contributed by atoms with van der Waals surface area (Å²) in [7, 11) is 0. The van der Waals surface area contributed by atoms with E-state index in [1.807, 2.05) is 6.08 Å². The van der Waals surface area contributed by atoms with Gasteiger partial charge in [0.05, 0.1) is 0 Å². The summed E-state index contributed by atoms with van der Waals surface area (Å²) in [6.45, 7) is 14.1. The highest BCUT2D eigenvalue weighted by molar-refractivity contribution is 4.77. The summed E-state index contributed by atoms with van der Waals surface area (Å²) in [4.78, 5) is 2.52. The zero-order valence-electron chi connectivity index (χ0n) is 8.84. The van der Waals surface area contributed by atoms with Crippen molar-refractivity contribution in [3.8, 4) is 0 Å². The molecule has 0 aromatic carbocycles. The van der Waals surface area contributed by atoms with Gasteiger partial charge in [-0.25, -0.2) is 0 Å². The van der Waals surface area contributed by atoms with Gasteiger partial charge in [-0.1, -0.05) is 26.8 Å². The predicted octanol–water partition coefficient (Wildman–Crippen LogP) is 2.93. The molecule has 1 heteroatoms. The minimum absolute atomic E-state index is 0.628. The van der Waals surface area contributed by atoms with E-state index in [0.717, 1.165) is 0 Å². The fraction of sp³-hybridized carbons (Fsp3) is 0.818. The molecule has 1 atom stereocenters. The number of hydrogen-bond acceptors (Lipinski definition) is 1. The summed E-state index contributed by atoms with van der Waals surface area (Å²) in [5, 5.41) is 0. The van der Waals surface area contributed by atoms with Crippen molar-refractivity contribution in [1.29, 1.82) is 0 Å². The molecule has 12 heavy (non-hydrogen) atoms. The smallest absolute Gasteiger partial charge is 0.00416 e. The van der Waals surface area contributed by atoms with Gasteiger partial charge in [0.2, 0.25) is 0 Å². The van der Waals surface area contributed by atoms with Gasteiger partial charge in [-0.2, -0.15) is 0 Å². The number of nitrogens with zero attached hydrogens (tertiary/aromatic N) is 1. The van der Waals surface area contributed by atoms with Crippen LogP contribution in [0.5, 0.6) is 0 Å². The van der Waals surface area contributed by atoms with Crippen LogP contribution in [0.3, 0.4) is 0 Å². The van der Waals surface area contributed by atoms with Gasteiger partial charge < -0.3 is 4.90 Å². The first-order valence-electron chi connectivity index (χ1n) is 5.09. The van der Waals surface area contributed by atoms with E-state index in [9.17, 15) is 0 Å². The maximum Gasteiger partial charge on any atom is 0.00416 e. The predicted molar refractivity (Wildman–Crippen MR) is 56.4 cm³/mol. The van der Waals surface area contributed by atoms with Crippen molar-refractivity contribution in [2.24, 2.45) is 5.92 Å². The fourth-order valence-corrected chi connectivity index (χ4v) is 1.41. The normalized spacial score (nSPS) is 13.3. The Bertz CT molecular complexity index is 104. The van der Waals surface area contributed by atoms with E-state index in [0.29, 0.717) is 5.92 Å². The lowest BCUT2D eigenvalue weighted by Crippen LogP contribution is -2.29. The molecule has 0 aliphatic heterocycles. The fourth-order valence-electron chi connectivity index (χ4n) is 1.41. The second kappa shape index (κ2) is 7.35. The van der Waals surface area contributed by atoms with Gasteiger partial charge in [-0.3, -0.25) is 0 Å². The third-order valence-corrected chi connectivity index (χ3v) is 2.03. The zero-order valence-corrected chi connectivity index (χ0v) is 8.84. The van der Waals surface area contributed by atoms with Crippen LogP contribution in [0.1, 0.15) is 33.6 Å². The average Bonchev–Trinajstić information content (AvgIpc) is 2.05.